The maximum Gasteiger partial charge on any atom is 0.389 e. The van der Waals surface area contributed by atoms with Crippen LogP contribution in [0.25, 0.3) is 0 Å². The van der Waals surface area contributed by atoms with Gasteiger partial charge < -0.3 is 10.6 Å². The molecular formula is C14H19F4N3. The van der Waals surface area contributed by atoms with E-state index in [1.165, 1.54) is 6.07 Å². The van der Waals surface area contributed by atoms with Gasteiger partial charge in [0.2, 0.25) is 0 Å². The van der Waals surface area contributed by atoms with Crippen molar-refractivity contribution in [3.05, 3.63) is 35.6 Å². The summed E-state index contributed by atoms with van der Waals surface area (Å²) >= 11 is 0. The van der Waals surface area contributed by atoms with Gasteiger partial charge in [0.15, 0.2) is 5.96 Å². The molecule has 0 bridgehead atoms. The molecule has 1 rings (SSSR count). The Morgan fingerprint density at radius 1 is 1.14 bits per heavy atom. The molecule has 0 heterocycles. The number of nitrogens with one attached hydrogen (secondary N) is 2. The number of hydrogen-bond acceptors (Lipinski definition) is 1. The minimum atomic E-state index is -4.11. The van der Waals surface area contributed by atoms with E-state index in [0.29, 0.717) is 24.5 Å². The van der Waals surface area contributed by atoms with E-state index < -0.39 is 12.6 Å². The predicted molar refractivity (Wildman–Crippen MR) is 74.5 cm³/mol. The molecule has 0 aromatic heterocycles. The number of hydrogen-bond donors (Lipinski definition) is 2. The van der Waals surface area contributed by atoms with Gasteiger partial charge in [-0.05, 0) is 18.9 Å². The first-order chi connectivity index (χ1) is 9.92. The van der Waals surface area contributed by atoms with Gasteiger partial charge in [-0.3, -0.25) is 4.99 Å². The van der Waals surface area contributed by atoms with Crippen LogP contribution < -0.4 is 10.6 Å². The Morgan fingerprint density at radius 2 is 1.86 bits per heavy atom. The first-order valence-corrected chi connectivity index (χ1v) is 6.67. The molecule has 0 spiro atoms. The van der Waals surface area contributed by atoms with Gasteiger partial charge >= 0.3 is 6.18 Å². The van der Waals surface area contributed by atoms with E-state index in [4.69, 9.17) is 0 Å². The third-order valence-corrected chi connectivity index (χ3v) is 2.81. The second-order valence-corrected chi connectivity index (χ2v) is 4.52. The molecule has 7 heteroatoms. The van der Waals surface area contributed by atoms with Crippen LogP contribution in [0, 0.1) is 5.82 Å². The first kappa shape index (κ1) is 17.3. The number of alkyl halides is 3. The molecule has 0 saturated carbocycles. The highest BCUT2D eigenvalue weighted by Gasteiger charge is 2.25. The number of rotatable bonds is 6. The van der Waals surface area contributed by atoms with Crippen molar-refractivity contribution < 1.29 is 17.6 Å². The molecular weight excluding hydrogens is 286 g/mol. The molecule has 0 unspecified atom stereocenters. The summed E-state index contributed by atoms with van der Waals surface area (Å²) in [4.78, 5) is 3.93. The van der Waals surface area contributed by atoms with E-state index in [0.717, 1.165) is 0 Å². The van der Waals surface area contributed by atoms with Gasteiger partial charge in [-0.25, -0.2) is 4.39 Å². The van der Waals surface area contributed by atoms with Gasteiger partial charge in [-0.15, -0.1) is 0 Å². The standard InChI is InChI=1S/C14H19F4N3/c1-19-13(20-9-5-4-8-14(16,17)18)21-10-11-6-2-3-7-12(11)15/h2-3,6-7H,4-5,8-10H2,1H3,(H2,19,20,21). The van der Waals surface area contributed by atoms with Crippen molar-refractivity contribution in [2.75, 3.05) is 13.6 Å². The maximum absolute atomic E-state index is 13.4. The van der Waals surface area contributed by atoms with E-state index in [-0.39, 0.29) is 18.8 Å². The molecule has 0 fully saturated rings. The van der Waals surface area contributed by atoms with Crippen LogP contribution in [0.4, 0.5) is 17.6 Å². The fraction of sp³-hybridized carbons (Fsp3) is 0.500. The van der Waals surface area contributed by atoms with Crippen molar-refractivity contribution in [2.24, 2.45) is 4.99 Å². The summed E-state index contributed by atoms with van der Waals surface area (Å²) in [7, 11) is 1.55. The fourth-order valence-electron chi connectivity index (χ4n) is 1.70. The molecule has 0 aliphatic carbocycles. The van der Waals surface area contributed by atoms with Gasteiger partial charge in [0.1, 0.15) is 5.82 Å². The van der Waals surface area contributed by atoms with Crippen LogP contribution in [0.2, 0.25) is 0 Å². The van der Waals surface area contributed by atoms with E-state index in [9.17, 15) is 17.6 Å². The Labute approximate surface area is 121 Å². The summed E-state index contributed by atoms with van der Waals surface area (Å²) in [5.41, 5.74) is 0.498. The zero-order chi connectivity index (χ0) is 15.7. The smallest absolute Gasteiger partial charge is 0.356 e. The quantitative estimate of drug-likeness (QED) is 0.366. The van der Waals surface area contributed by atoms with Gasteiger partial charge in [0.05, 0.1) is 0 Å². The zero-order valence-corrected chi connectivity index (χ0v) is 11.8. The summed E-state index contributed by atoms with van der Waals surface area (Å²) in [5.74, 6) is 0.121. The van der Waals surface area contributed by atoms with Crippen molar-refractivity contribution in [1.29, 1.82) is 0 Å². The highest BCUT2D eigenvalue weighted by Crippen LogP contribution is 2.21. The van der Waals surface area contributed by atoms with Crippen molar-refractivity contribution in [3.63, 3.8) is 0 Å². The van der Waals surface area contributed by atoms with Gasteiger partial charge in [-0.2, -0.15) is 13.2 Å². The Hall–Kier alpha value is -1.79. The summed E-state index contributed by atoms with van der Waals surface area (Å²) < 4.78 is 49.3. The topological polar surface area (TPSA) is 36.4 Å². The number of benzene rings is 1. The molecule has 21 heavy (non-hydrogen) atoms. The van der Waals surface area contributed by atoms with Gasteiger partial charge in [0, 0.05) is 32.1 Å². The van der Waals surface area contributed by atoms with E-state index in [1.807, 2.05) is 0 Å². The molecule has 118 valence electrons. The van der Waals surface area contributed by atoms with Crippen molar-refractivity contribution in [2.45, 2.75) is 32.0 Å². The van der Waals surface area contributed by atoms with E-state index in [2.05, 4.69) is 15.6 Å². The van der Waals surface area contributed by atoms with Crippen LogP contribution in [0.5, 0.6) is 0 Å². The molecule has 1 aromatic carbocycles. The highest BCUT2D eigenvalue weighted by atomic mass is 19.4. The number of aliphatic imine (C=N–C) groups is 1. The molecule has 2 N–H and O–H groups in total. The second-order valence-electron chi connectivity index (χ2n) is 4.52. The van der Waals surface area contributed by atoms with Crippen molar-refractivity contribution >= 4 is 5.96 Å². The third kappa shape index (κ3) is 7.53. The summed E-state index contributed by atoms with van der Waals surface area (Å²) in [6, 6.07) is 6.35. The number of unbranched alkanes of at least 4 members (excludes halogenated alkanes) is 1. The molecule has 0 aliphatic rings. The first-order valence-electron chi connectivity index (χ1n) is 6.67. The van der Waals surface area contributed by atoms with Crippen LogP contribution in [-0.2, 0) is 6.54 Å². The van der Waals surface area contributed by atoms with Gasteiger partial charge in [-0.1, -0.05) is 18.2 Å². The minimum absolute atomic E-state index is 0.0702. The monoisotopic (exact) mass is 305 g/mol. The highest BCUT2D eigenvalue weighted by molar-refractivity contribution is 5.79. The molecule has 0 amide bonds. The largest absolute Gasteiger partial charge is 0.389 e. The normalized spacial score (nSPS) is 12.3. The Bertz CT molecular complexity index is 458. The van der Waals surface area contributed by atoms with Crippen LogP contribution in [0.3, 0.4) is 0 Å². The molecule has 0 aliphatic heterocycles. The summed E-state index contributed by atoms with van der Waals surface area (Å²) in [6.07, 6.45) is -4.43. The molecule has 0 atom stereocenters. The lowest BCUT2D eigenvalue weighted by molar-refractivity contribution is -0.135. The van der Waals surface area contributed by atoms with Crippen LogP contribution in [0.1, 0.15) is 24.8 Å². The molecule has 1 aromatic rings. The number of guanidine groups is 1. The Balaban J connectivity index is 2.25. The van der Waals surface area contributed by atoms with Crippen LogP contribution in [-0.4, -0.2) is 25.7 Å². The second kappa shape index (κ2) is 8.49. The number of nitrogens with zero attached hydrogens (tertiary/aromatic N) is 1. The molecule has 3 nitrogen and oxygen atoms in total. The Morgan fingerprint density at radius 3 is 2.48 bits per heavy atom. The average Bonchev–Trinajstić information content (AvgIpc) is 2.42. The lowest BCUT2D eigenvalue weighted by atomic mass is 10.2. The Kier molecular flexibility index (Phi) is 6.98. The lowest BCUT2D eigenvalue weighted by Crippen LogP contribution is -2.37. The third-order valence-electron chi connectivity index (χ3n) is 2.81. The van der Waals surface area contributed by atoms with Crippen molar-refractivity contribution in [3.8, 4) is 0 Å². The predicted octanol–water partition coefficient (Wildman–Crippen LogP) is 3.22. The number of halogens is 4. The summed E-state index contributed by atoms with van der Waals surface area (Å²) in [6.45, 7) is 0.641. The molecule has 0 radical (unpaired) electrons. The molecule has 0 saturated heterocycles. The van der Waals surface area contributed by atoms with Crippen molar-refractivity contribution in [1.82, 2.24) is 10.6 Å². The SMILES string of the molecule is CN=C(NCCCCC(F)(F)F)NCc1ccccc1F. The van der Waals surface area contributed by atoms with E-state index in [1.54, 1.807) is 25.2 Å². The zero-order valence-electron chi connectivity index (χ0n) is 11.8. The summed E-state index contributed by atoms with van der Waals surface area (Å²) in [5, 5.41) is 5.80. The fourth-order valence-corrected chi connectivity index (χ4v) is 1.70. The van der Waals surface area contributed by atoms with Crippen LogP contribution in [0.15, 0.2) is 29.3 Å². The van der Waals surface area contributed by atoms with Crippen LogP contribution >= 0.6 is 0 Å². The minimum Gasteiger partial charge on any atom is -0.356 e. The average molecular weight is 305 g/mol. The maximum atomic E-state index is 13.4. The van der Waals surface area contributed by atoms with Gasteiger partial charge in [0.25, 0.3) is 0 Å². The lowest BCUT2D eigenvalue weighted by Gasteiger charge is -2.12. The van der Waals surface area contributed by atoms with E-state index >= 15 is 0 Å².